The van der Waals surface area contributed by atoms with Crippen LogP contribution in [0, 0.1) is 13.8 Å². The van der Waals surface area contributed by atoms with Crippen LogP contribution < -0.4 is 10.2 Å². The van der Waals surface area contributed by atoms with E-state index >= 15 is 0 Å². The molecule has 0 radical (unpaired) electrons. The SMILES string of the molecule is Cc1nc(C(=O)N(C)C)nc(N2CC[C@@H](NC3CCCC(F)(F)CC3)C2)c1C. The van der Waals surface area contributed by atoms with Crippen LogP contribution in [-0.4, -0.2) is 66.0 Å². The van der Waals surface area contributed by atoms with Gasteiger partial charge in [-0.25, -0.2) is 18.7 Å². The molecule has 1 saturated heterocycles. The molecule has 2 aliphatic rings. The molecular weight excluding hydrogens is 364 g/mol. The van der Waals surface area contributed by atoms with Crippen molar-refractivity contribution in [3.63, 3.8) is 0 Å². The zero-order valence-corrected chi connectivity index (χ0v) is 17.3. The number of halogens is 2. The number of rotatable bonds is 4. The predicted molar refractivity (Wildman–Crippen MR) is 105 cm³/mol. The Morgan fingerprint density at radius 1 is 1.14 bits per heavy atom. The molecule has 2 fully saturated rings. The molecule has 1 amide bonds. The molecule has 1 aromatic heterocycles. The van der Waals surface area contributed by atoms with E-state index in [2.05, 4.69) is 20.2 Å². The van der Waals surface area contributed by atoms with Crippen molar-refractivity contribution in [3.05, 3.63) is 17.1 Å². The van der Waals surface area contributed by atoms with Crippen LogP contribution in [0.15, 0.2) is 0 Å². The first-order valence-corrected chi connectivity index (χ1v) is 10.1. The second kappa shape index (κ2) is 8.27. The number of hydrogen-bond donors (Lipinski definition) is 1. The molecule has 0 spiro atoms. The second-order valence-electron chi connectivity index (χ2n) is 8.36. The van der Waals surface area contributed by atoms with Crippen molar-refractivity contribution in [2.24, 2.45) is 0 Å². The molecule has 28 heavy (non-hydrogen) atoms. The largest absolute Gasteiger partial charge is 0.355 e. The Morgan fingerprint density at radius 3 is 2.61 bits per heavy atom. The van der Waals surface area contributed by atoms with Crippen LogP contribution in [0.2, 0.25) is 0 Å². The van der Waals surface area contributed by atoms with E-state index in [9.17, 15) is 13.6 Å². The van der Waals surface area contributed by atoms with Crippen molar-refractivity contribution in [2.45, 2.75) is 70.4 Å². The zero-order chi connectivity index (χ0) is 20.5. The fraction of sp³-hybridized carbons (Fsp3) is 0.750. The van der Waals surface area contributed by atoms with Gasteiger partial charge in [-0.1, -0.05) is 0 Å². The standard InChI is InChI=1S/C20H31F2N5O/c1-13-14(2)23-17(19(28)26(3)4)25-18(13)27-11-8-16(12-27)24-15-6-5-9-20(21,22)10-7-15/h15-16,24H,5-12H2,1-4H3/t15?,16-/m1/s1. The summed E-state index contributed by atoms with van der Waals surface area (Å²) in [5.74, 6) is -1.71. The normalized spacial score (nSPS) is 24.9. The quantitative estimate of drug-likeness (QED) is 0.795. The van der Waals surface area contributed by atoms with Gasteiger partial charge in [0.05, 0.1) is 0 Å². The molecule has 3 rings (SSSR count). The summed E-state index contributed by atoms with van der Waals surface area (Å²) in [6.07, 6.45) is 2.81. The van der Waals surface area contributed by atoms with Crippen LogP contribution in [0.1, 0.15) is 60.4 Å². The third kappa shape index (κ3) is 4.77. The molecule has 1 N–H and O–H groups in total. The van der Waals surface area contributed by atoms with Gasteiger partial charge in [0, 0.05) is 63.4 Å². The maximum atomic E-state index is 13.6. The molecule has 2 atom stereocenters. The first-order valence-electron chi connectivity index (χ1n) is 10.1. The van der Waals surface area contributed by atoms with Crippen molar-refractivity contribution in [3.8, 4) is 0 Å². The summed E-state index contributed by atoms with van der Waals surface area (Å²) in [5, 5.41) is 3.59. The van der Waals surface area contributed by atoms with Gasteiger partial charge in [0.2, 0.25) is 11.7 Å². The number of anilines is 1. The number of nitrogens with zero attached hydrogens (tertiary/aromatic N) is 4. The number of hydrogen-bond acceptors (Lipinski definition) is 5. The van der Waals surface area contributed by atoms with Gasteiger partial charge < -0.3 is 15.1 Å². The topological polar surface area (TPSA) is 61.4 Å². The smallest absolute Gasteiger partial charge is 0.291 e. The van der Waals surface area contributed by atoms with Crippen LogP contribution in [-0.2, 0) is 0 Å². The molecule has 1 unspecified atom stereocenters. The molecule has 156 valence electrons. The monoisotopic (exact) mass is 395 g/mol. The average Bonchev–Trinajstić information content (AvgIpc) is 3.01. The van der Waals surface area contributed by atoms with Crippen molar-refractivity contribution < 1.29 is 13.6 Å². The van der Waals surface area contributed by atoms with E-state index in [1.165, 1.54) is 4.90 Å². The van der Waals surface area contributed by atoms with E-state index in [-0.39, 0.29) is 36.7 Å². The minimum absolute atomic E-state index is 0.00403. The Balaban J connectivity index is 1.67. The van der Waals surface area contributed by atoms with Gasteiger partial charge in [0.15, 0.2) is 0 Å². The van der Waals surface area contributed by atoms with Crippen molar-refractivity contribution in [2.75, 3.05) is 32.1 Å². The van der Waals surface area contributed by atoms with E-state index in [0.717, 1.165) is 43.0 Å². The predicted octanol–water partition coefficient (Wildman–Crippen LogP) is 2.93. The third-order valence-electron chi connectivity index (χ3n) is 5.87. The van der Waals surface area contributed by atoms with Gasteiger partial charge in [-0.3, -0.25) is 4.79 Å². The summed E-state index contributed by atoms with van der Waals surface area (Å²) < 4.78 is 27.2. The summed E-state index contributed by atoms with van der Waals surface area (Å²) in [6.45, 7) is 5.46. The summed E-state index contributed by atoms with van der Waals surface area (Å²) >= 11 is 0. The number of amides is 1. The number of carbonyl (C=O) groups excluding carboxylic acids is 1. The second-order valence-corrected chi connectivity index (χ2v) is 8.36. The Morgan fingerprint density at radius 2 is 1.89 bits per heavy atom. The Labute approximate surface area is 165 Å². The highest BCUT2D eigenvalue weighted by Crippen LogP contribution is 2.32. The molecule has 6 nitrogen and oxygen atoms in total. The highest BCUT2D eigenvalue weighted by Gasteiger charge is 2.34. The van der Waals surface area contributed by atoms with Gasteiger partial charge in [0.25, 0.3) is 5.91 Å². The van der Waals surface area contributed by atoms with Crippen molar-refractivity contribution in [1.82, 2.24) is 20.2 Å². The molecule has 1 saturated carbocycles. The van der Waals surface area contributed by atoms with Crippen LogP contribution in [0.25, 0.3) is 0 Å². The highest BCUT2D eigenvalue weighted by atomic mass is 19.3. The van der Waals surface area contributed by atoms with Crippen molar-refractivity contribution >= 4 is 11.7 Å². The fourth-order valence-electron chi connectivity index (χ4n) is 4.07. The minimum atomic E-state index is -2.51. The number of nitrogens with one attached hydrogen (secondary N) is 1. The first kappa shape index (κ1) is 20.9. The Kier molecular flexibility index (Phi) is 6.17. The lowest BCUT2D eigenvalue weighted by Gasteiger charge is -2.24. The van der Waals surface area contributed by atoms with Gasteiger partial charge in [-0.15, -0.1) is 0 Å². The molecule has 0 bridgehead atoms. The molecule has 2 heterocycles. The summed E-state index contributed by atoms with van der Waals surface area (Å²) in [4.78, 5) is 24.8. The Hall–Kier alpha value is -1.83. The van der Waals surface area contributed by atoms with E-state index in [0.29, 0.717) is 12.8 Å². The van der Waals surface area contributed by atoms with Gasteiger partial charge >= 0.3 is 0 Å². The molecular formula is C20H31F2N5O. The van der Waals surface area contributed by atoms with E-state index in [1.807, 2.05) is 13.8 Å². The summed E-state index contributed by atoms with van der Waals surface area (Å²) in [5.41, 5.74) is 1.78. The van der Waals surface area contributed by atoms with Crippen LogP contribution in [0.3, 0.4) is 0 Å². The van der Waals surface area contributed by atoms with E-state index in [4.69, 9.17) is 0 Å². The zero-order valence-electron chi connectivity index (χ0n) is 17.3. The molecule has 1 aliphatic carbocycles. The lowest BCUT2D eigenvalue weighted by Crippen LogP contribution is -2.40. The Bertz CT molecular complexity index is 725. The van der Waals surface area contributed by atoms with E-state index < -0.39 is 5.92 Å². The third-order valence-corrected chi connectivity index (χ3v) is 5.87. The summed E-state index contributed by atoms with van der Waals surface area (Å²) in [6, 6.07) is 0.400. The van der Waals surface area contributed by atoms with Gasteiger partial charge in [0.1, 0.15) is 5.82 Å². The number of alkyl halides is 2. The van der Waals surface area contributed by atoms with Gasteiger partial charge in [-0.2, -0.15) is 0 Å². The summed E-state index contributed by atoms with van der Waals surface area (Å²) in [7, 11) is 3.37. The fourth-order valence-corrected chi connectivity index (χ4v) is 4.07. The molecule has 1 aliphatic heterocycles. The number of aryl methyl sites for hydroxylation is 1. The van der Waals surface area contributed by atoms with Crippen LogP contribution >= 0.6 is 0 Å². The maximum Gasteiger partial charge on any atom is 0.291 e. The average molecular weight is 395 g/mol. The lowest BCUT2D eigenvalue weighted by molar-refractivity contribution is -0.0144. The minimum Gasteiger partial charge on any atom is -0.355 e. The van der Waals surface area contributed by atoms with Crippen LogP contribution in [0.4, 0.5) is 14.6 Å². The lowest BCUT2D eigenvalue weighted by atomic mass is 10.1. The first-order chi connectivity index (χ1) is 13.2. The van der Waals surface area contributed by atoms with Crippen LogP contribution in [0.5, 0.6) is 0 Å². The molecule has 1 aromatic rings. The van der Waals surface area contributed by atoms with E-state index in [1.54, 1.807) is 14.1 Å². The number of aromatic nitrogens is 2. The van der Waals surface area contributed by atoms with Gasteiger partial charge in [-0.05, 0) is 39.5 Å². The van der Waals surface area contributed by atoms with Crippen molar-refractivity contribution in [1.29, 1.82) is 0 Å². The molecule has 8 heteroatoms. The molecule has 0 aromatic carbocycles. The number of carbonyl (C=O) groups is 1. The highest BCUT2D eigenvalue weighted by molar-refractivity contribution is 5.90. The maximum absolute atomic E-state index is 13.6.